The number of nitrogens with one attached hydrogen (secondary N) is 2. The summed E-state index contributed by atoms with van der Waals surface area (Å²) in [5, 5.41) is 3.22. The van der Waals surface area contributed by atoms with Crippen molar-refractivity contribution in [3.8, 4) is 0 Å². The second-order valence-electron chi connectivity index (χ2n) is 9.71. The zero-order chi connectivity index (χ0) is 27.4. The number of aromatic nitrogens is 2. The van der Waals surface area contributed by atoms with Gasteiger partial charge in [0.05, 0.1) is 31.1 Å². The van der Waals surface area contributed by atoms with Gasteiger partial charge in [-0.2, -0.15) is 0 Å². The topological polar surface area (TPSA) is 108 Å². The number of anilines is 1. The molecule has 0 radical (unpaired) electrons. The quantitative estimate of drug-likeness (QED) is 0.339. The lowest BCUT2D eigenvalue weighted by atomic mass is 10.1. The molecular weight excluding hydrogens is 494 g/mol. The number of methoxy groups -OCH3 is 1. The maximum atomic E-state index is 13.5. The van der Waals surface area contributed by atoms with Crippen LogP contribution in [0.2, 0.25) is 0 Å². The molecule has 0 fully saturated rings. The minimum atomic E-state index is -0.758. The van der Waals surface area contributed by atoms with Crippen LogP contribution in [-0.2, 0) is 33.8 Å². The molecular formula is C30H31N5O4. The van der Waals surface area contributed by atoms with Crippen LogP contribution in [0.1, 0.15) is 33.7 Å². The van der Waals surface area contributed by atoms with Crippen molar-refractivity contribution >= 4 is 34.5 Å². The van der Waals surface area contributed by atoms with E-state index in [1.165, 1.54) is 7.11 Å². The number of para-hydroxylation sites is 2. The monoisotopic (exact) mass is 525 g/mol. The molecule has 5 rings (SSSR count). The Labute approximate surface area is 226 Å². The molecule has 0 spiro atoms. The molecule has 0 saturated heterocycles. The zero-order valence-corrected chi connectivity index (χ0v) is 22.0. The third kappa shape index (κ3) is 5.93. The van der Waals surface area contributed by atoms with Gasteiger partial charge < -0.3 is 24.8 Å². The van der Waals surface area contributed by atoms with Crippen LogP contribution in [0.4, 0.5) is 5.69 Å². The van der Waals surface area contributed by atoms with E-state index in [1.54, 1.807) is 29.0 Å². The number of fused-ring (bicyclic) bond motifs is 2. The Bertz CT molecular complexity index is 1470. The smallest absolute Gasteiger partial charge is 0.308 e. The number of amides is 2. The van der Waals surface area contributed by atoms with E-state index in [1.807, 2.05) is 60.7 Å². The van der Waals surface area contributed by atoms with E-state index in [0.29, 0.717) is 37.4 Å². The Morgan fingerprint density at radius 3 is 2.62 bits per heavy atom. The Morgan fingerprint density at radius 1 is 1.08 bits per heavy atom. The Kier molecular flexibility index (Phi) is 7.58. The molecule has 3 aromatic carbocycles. The summed E-state index contributed by atoms with van der Waals surface area (Å²) in [6.07, 6.45) is 0.587. The van der Waals surface area contributed by atoms with Crippen molar-refractivity contribution in [2.24, 2.45) is 0 Å². The summed E-state index contributed by atoms with van der Waals surface area (Å²) >= 11 is 0. The van der Waals surface area contributed by atoms with Crippen molar-refractivity contribution in [3.05, 3.63) is 95.3 Å². The molecule has 9 heteroatoms. The molecule has 1 atom stereocenters. The average molecular weight is 526 g/mol. The first-order chi connectivity index (χ1) is 18.9. The first-order valence-electron chi connectivity index (χ1n) is 12.9. The van der Waals surface area contributed by atoms with E-state index in [2.05, 4.69) is 15.3 Å². The van der Waals surface area contributed by atoms with Gasteiger partial charge in [-0.05, 0) is 47.9 Å². The number of carbonyl (C=O) groups excluding carboxylic acids is 3. The van der Waals surface area contributed by atoms with Gasteiger partial charge in [-0.3, -0.25) is 14.4 Å². The molecule has 39 heavy (non-hydrogen) atoms. The molecule has 1 aliphatic heterocycles. The van der Waals surface area contributed by atoms with Crippen LogP contribution in [0.25, 0.3) is 11.0 Å². The number of esters is 1. The molecule has 0 aliphatic carbocycles. The molecule has 0 bridgehead atoms. The highest BCUT2D eigenvalue weighted by molar-refractivity contribution is 5.96. The third-order valence-corrected chi connectivity index (χ3v) is 6.94. The Hall–Kier alpha value is -4.66. The number of H-pyrrole nitrogens is 1. The normalized spacial score (nSPS) is 14.9. The van der Waals surface area contributed by atoms with E-state index in [9.17, 15) is 14.4 Å². The van der Waals surface area contributed by atoms with E-state index in [0.717, 1.165) is 27.8 Å². The summed E-state index contributed by atoms with van der Waals surface area (Å²) in [6, 6.07) is 22.3. The second kappa shape index (κ2) is 11.4. The van der Waals surface area contributed by atoms with Crippen molar-refractivity contribution in [1.29, 1.82) is 0 Å². The molecule has 2 heterocycles. The highest BCUT2D eigenvalue weighted by atomic mass is 16.5. The van der Waals surface area contributed by atoms with Gasteiger partial charge in [-0.15, -0.1) is 0 Å². The number of rotatable bonds is 8. The lowest BCUT2D eigenvalue weighted by Crippen LogP contribution is -2.42. The minimum Gasteiger partial charge on any atom is -0.469 e. The third-order valence-electron chi connectivity index (χ3n) is 6.94. The van der Waals surface area contributed by atoms with E-state index >= 15 is 0 Å². The van der Waals surface area contributed by atoms with E-state index in [-0.39, 0.29) is 18.2 Å². The number of hydrogen-bond acceptors (Lipinski definition) is 6. The second-order valence-corrected chi connectivity index (χ2v) is 9.71. The summed E-state index contributed by atoms with van der Waals surface area (Å²) in [4.78, 5) is 50.1. The van der Waals surface area contributed by atoms with Crippen LogP contribution >= 0.6 is 0 Å². The highest BCUT2D eigenvalue weighted by Crippen LogP contribution is 2.26. The summed E-state index contributed by atoms with van der Waals surface area (Å²) < 4.78 is 4.83. The fourth-order valence-corrected chi connectivity index (χ4v) is 4.84. The first kappa shape index (κ1) is 26.0. The summed E-state index contributed by atoms with van der Waals surface area (Å²) in [5.41, 5.74) is 4.93. The van der Waals surface area contributed by atoms with Crippen molar-refractivity contribution in [2.75, 3.05) is 26.0 Å². The fourth-order valence-electron chi connectivity index (χ4n) is 4.84. The molecule has 2 amide bonds. The number of ether oxygens (including phenoxy) is 1. The summed E-state index contributed by atoms with van der Waals surface area (Å²) in [6.45, 7) is 1.12. The van der Waals surface area contributed by atoms with Gasteiger partial charge in [0, 0.05) is 31.4 Å². The highest BCUT2D eigenvalue weighted by Gasteiger charge is 2.31. The lowest BCUT2D eigenvalue weighted by Gasteiger charge is -2.24. The number of aromatic amines is 1. The Morgan fingerprint density at radius 2 is 1.85 bits per heavy atom. The zero-order valence-electron chi connectivity index (χ0n) is 22.0. The number of carbonyl (C=O) groups is 3. The average Bonchev–Trinajstić information content (AvgIpc) is 3.31. The molecule has 200 valence electrons. The fraction of sp³-hybridized carbons (Fsp3) is 0.267. The largest absolute Gasteiger partial charge is 0.469 e. The standard InChI is InChI=1S/C30H31N5O4/c1-34(19-27-32-24-10-6-7-11-25(24)33-27)29(37)21-12-13-23-22(16-21)18-35(15-14-20-8-4-3-5-9-20)30(38)26(31-23)17-28(36)39-2/h3-13,16,26,31H,14-15,17-19H2,1-2H3,(H,32,33)/t26-/m0/s1. The van der Waals surface area contributed by atoms with Crippen LogP contribution in [0, 0.1) is 0 Å². The van der Waals surface area contributed by atoms with Gasteiger partial charge in [-0.25, -0.2) is 4.98 Å². The maximum absolute atomic E-state index is 13.5. The van der Waals surface area contributed by atoms with Gasteiger partial charge in [0.15, 0.2) is 0 Å². The molecule has 2 N–H and O–H groups in total. The van der Waals surface area contributed by atoms with E-state index in [4.69, 9.17) is 4.74 Å². The molecule has 0 unspecified atom stereocenters. The van der Waals surface area contributed by atoms with Crippen molar-refractivity contribution in [3.63, 3.8) is 0 Å². The summed E-state index contributed by atoms with van der Waals surface area (Å²) in [5.74, 6) is -0.101. The first-order valence-corrected chi connectivity index (χ1v) is 12.9. The van der Waals surface area contributed by atoms with Gasteiger partial charge in [-0.1, -0.05) is 42.5 Å². The SMILES string of the molecule is COC(=O)C[C@@H]1Nc2ccc(C(=O)N(C)Cc3nc4ccccc4[nH]3)cc2CN(CCc2ccccc2)C1=O. The molecule has 9 nitrogen and oxygen atoms in total. The van der Waals surface area contributed by atoms with Crippen molar-refractivity contribution < 1.29 is 19.1 Å². The van der Waals surface area contributed by atoms with Gasteiger partial charge in [0.1, 0.15) is 11.9 Å². The van der Waals surface area contributed by atoms with Gasteiger partial charge >= 0.3 is 5.97 Å². The molecule has 1 aromatic heterocycles. The minimum absolute atomic E-state index is 0.0858. The number of hydrogen-bond donors (Lipinski definition) is 2. The molecule has 1 aliphatic rings. The summed E-state index contributed by atoms with van der Waals surface area (Å²) in [7, 11) is 3.05. The number of imidazole rings is 1. The predicted octanol–water partition coefficient (Wildman–Crippen LogP) is 3.76. The predicted molar refractivity (Wildman–Crippen MR) is 148 cm³/mol. The van der Waals surface area contributed by atoms with Crippen LogP contribution in [-0.4, -0.2) is 64.3 Å². The lowest BCUT2D eigenvalue weighted by molar-refractivity contribution is -0.144. The van der Waals surface area contributed by atoms with Crippen LogP contribution in [0.15, 0.2) is 72.8 Å². The molecule has 4 aromatic rings. The van der Waals surface area contributed by atoms with E-state index < -0.39 is 12.0 Å². The van der Waals surface area contributed by atoms with Gasteiger partial charge in [0.25, 0.3) is 5.91 Å². The van der Waals surface area contributed by atoms with Gasteiger partial charge in [0.2, 0.25) is 5.91 Å². The molecule has 0 saturated carbocycles. The van der Waals surface area contributed by atoms with Crippen LogP contribution in [0.3, 0.4) is 0 Å². The number of benzene rings is 3. The maximum Gasteiger partial charge on any atom is 0.308 e. The van der Waals surface area contributed by atoms with Crippen LogP contribution < -0.4 is 5.32 Å². The Balaban J connectivity index is 1.36. The van der Waals surface area contributed by atoms with Crippen molar-refractivity contribution in [2.45, 2.75) is 32.0 Å². The number of nitrogens with zero attached hydrogens (tertiary/aromatic N) is 3. The van der Waals surface area contributed by atoms with Crippen LogP contribution in [0.5, 0.6) is 0 Å². The van der Waals surface area contributed by atoms with Crippen molar-refractivity contribution in [1.82, 2.24) is 19.8 Å².